The van der Waals surface area contributed by atoms with Crippen LogP contribution in [0, 0.1) is 5.92 Å². The van der Waals surface area contributed by atoms with E-state index < -0.39 is 9.84 Å². The highest BCUT2D eigenvalue weighted by Crippen LogP contribution is 2.29. The third kappa shape index (κ3) is 2.99. The Hall–Kier alpha value is -0.910. The molecule has 0 aromatic carbocycles. The van der Waals surface area contributed by atoms with Gasteiger partial charge in [-0.25, -0.2) is 18.1 Å². The van der Waals surface area contributed by atoms with Gasteiger partial charge in [0.1, 0.15) is 12.2 Å². The fraction of sp³-hybridized carbons (Fsp3) is 0.846. The molecule has 2 fully saturated rings. The van der Waals surface area contributed by atoms with Crippen LogP contribution in [0.1, 0.15) is 50.4 Å². The quantitative estimate of drug-likeness (QED) is 0.848. The summed E-state index contributed by atoms with van der Waals surface area (Å²) in [5, 5.41) is 4.37. The monoisotopic (exact) mass is 283 g/mol. The van der Waals surface area contributed by atoms with Crippen molar-refractivity contribution in [2.75, 3.05) is 11.5 Å². The van der Waals surface area contributed by atoms with Gasteiger partial charge in [0.15, 0.2) is 9.84 Å². The van der Waals surface area contributed by atoms with Crippen LogP contribution in [0.5, 0.6) is 0 Å². The Balaban J connectivity index is 1.70. The van der Waals surface area contributed by atoms with E-state index in [4.69, 9.17) is 0 Å². The topological polar surface area (TPSA) is 64.8 Å². The van der Waals surface area contributed by atoms with Gasteiger partial charge in [-0.15, -0.1) is 0 Å². The molecular weight excluding hydrogens is 262 g/mol. The predicted octanol–water partition coefficient (Wildman–Crippen LogP) is 1.76. The van der Waals surface area contributed by atoms with Gasteiger partial charge in [-0.3, -0.25) is 0 Å². The van der Waals surface area contributed by atoms with Crippen LogP contribution in [0.15, 0.2) is 6.33 Å². The minimum atomic E-state index is -2.79. The third-order valence-electron chi connectivity index (χ3n) is 4.37. The highest BCUT2D eigenvalue weighted by atomic mass is 32.2. The van der Waals surface area contributed by atoms with Crippen molar-refractivity contribution in [1.82, 2.24) is 14.8 Å². The molecule has 1 aliphatic heterocycles. The molecule has 0 N–H and O–H groups in total. The van der Waals surface area contributed by atoms with E-state index >= 15 is 0 Å². The lowest BCUT2D eigenvalue weighted by Gasteiger charge is -2.23. The Morgan fingerprint density at radius 2 is 2.00 bits per heavy atom. The molecule has 106 valence electrons. The van der Waals surface area contributed by atoms with E-state index in [2.05, 4.69) is 14.8 Å². The van der Waals surface area contributed by atoms with Gasteiger partial charge in [0.05, 0.1) is 17.5 Å². The summed E-state index contributed by atoms with van der Waals surface area (Å²) in [5.74, 6) is 1.88. The first kappa shape index (κ1) is 13.1. The van der Waals surface area contributed by atoms with E-state index in [1.807, 2.05) is 0 Å². The number of nitrogens with zero attached hydrogens (tertiary/aromatic N) is 3. The van der Waals surface area contributed by atoms with Crippen LogP contribution in [0.4, 0.5) is 0 Å². The molecule has 1 aromatic rings. The summed E-state index contributed by atoms with van der Waals surface area (Å²) in [5.41, 5.74) is 0. The lowest BCUT2D eigenvalue weighted by Crippen LogP contribution is -2.19. The van der Waals surface area contributed by atoms with Crippen molar-refractivity contribution >= 4 is 9.84 Å². The van der Waals surface area contributed by atoms with Gasteiger partial charge in [-0.1, -0.05) is 19.3 Å². The van der Waals surface area contributed by atoms with Crippen molar-refractivity contribution in [1.29, 1.82) is 0 Å². The zero-order chi connectivity index (χ0) is 13.3. The maximum Gasteiger partial charge on any atom is 0.150 e. The second-order valence-electron chi connectivity index (χ2n) is 5.89. The van der Waals surface area contributed by atoms with Crippen LogP contribution in [-0.2, 0) is 16.3 Å². The first-order valence-corrected chi connectivity index (χ1v) is 9.05. The fourth-order valence-electron chi connectivity index (χ4n) is 3.34. The van der Waals surface area contributed by atoms with Crippen LogP contribution in [0.25, 0.3) is 0 Å². The number of hydrogen-bond donors (Lipinski definition) is 0. The van der Waals surface area contributed by atoms with Crippen LogP contribution in [-0.4, -0.2) is 34.7 Å². The number of aromatic nitrogens is 3. The van der Waals surface area contributed by atoms with Crippen LogP contribution >= 0.6 is 0 Å². The Morgan fingerprint density at radius 1 is 1.21 bits per heavy atom. The van der Waals surface area contributed by atoms with E-state index in [9.17, 15) is 8.42 Å². The molecule has 5 nitrogen and oxygen atoms in total. The summed E-state index contributed by atoms with van der Waals surface area (Å²) in [6.45, 7) is 0. The first-order valence-electron chi connectivity index (χ1n) is 7.23. The fourth-order valence-corrected chi connectivity index (χ4v) is 5.20. The summed E-state index contributed by atoms with van der Waals surface area (Å²) in [6.07, 6.45) is 9.37. The van der Waals surface area contributed by atoms with Crippen molar-refractivity contribution in [2.24, 2.45) is 5.92 Å². The molecule has 0 amide bonds. The zero-order valence-electron chi connectivity index (χ0n) is 11.2. The molecule has 2 heterocycles. The van der Waals surface area contributed by atoms with E-state index in [-0.39, 0.29) is 5.92 Å². The number of sulfone groups is 1. The first-order chi connectivity index (χ1) is 9.14. The Morgan fingerprint density at radius 3 is 2.68 bits per heavy atom. The molecule has 1 aromatic heterocycles. The summed E-state index contributed by atoms with van der Waals surface area (Å²) >= 11 is 0. The van der Waals surface area contributed by atoms with Gasteiger partial charge >= 0.3 is 0 Å². The van der Waals surface area contributed by atoms with Crippen molar-refractivity contribution < 1.29 is 8.42 Å². The van der Waals surface area contributed by atoms with Crippen molar-refractivity contribution in [3.05, 3.63) is 12.2 Å². The highest BCUT2D eigenvalue weighted by Gasteiger charge is 2.30. The van der Waals surface area contributed by atoms with E-state index in [0.717, 1.165) is 18.7 Å². The zero-order valence-corrected chi connectivity index (χ0v) is 12.0. The average molecular weight is 283 g/mol. The van der Waals surface area contributed by atoms with Crippen molar-refractivity contribution in [2.45, 2.75) is 51.0 Å². The average Bonchev–Trinajstić information content (AvgIpc) is 2.98. The lowest BCUT2D eigenvalue weighted by atomic mass is 9.95. The van der Waals surface area contributed by atoms with Gasteiger partial charge in [-0.05, 0) is 25.2 Å². The summed E-state index contributed by atoms with van der Waals surface area (Å²) < 4.78 is 25.1. The minimum Gasteiger partial charge on any atom is -0.247 e. The molecule has 0 spiro atoms. The molecule has 2 aliphatic rings. The van der Waals surface area contributed by atoms with Crippen molar-refractivity contribution in [3.8, 4) is 0 Å². The second-order valence-corrected chi connectivity index (χ2v) is 8.11. The smallest absolute Gasteiger partial charge is 0.150 e. The summed E-state index contributed by atoms with van der Waals surface area (Å²) in [7, 11) is -2.79. The molecule has 1 unspecified atom stereocenters. The number of rotatable bonds is 3. The van der Waals surface area contributed by atoms with E-state index in [0.29, 0.717) is 17.5 Å². The molecule has 1 saturated heterocycles. The van der Waals surface area contributed by atoms with Gasteiger partial charge in [0, 0.05) is 6.42 Å². The molecule has 0 bridgehead atoms. The minimum absolute atomic E-state index is 0.233. The van der Waals surface area contributed by atoms with Gasteiger partial charge < -0.3 is 0 Å². The van der Waals surface area contributed by atoms with Crippen LogP contribution < -0.4 is 0 Å². The molecule has 0 radical (unpaired) electrons. The number of hydrogen-bond acceptors (Lipinski definition) is 4. The standard InChI is InChI=1S/C13H21N3O2S/c17-19(18)7-6-11(9-19)8-13-14-10-15-16(13)12-4-2-1-3-5-12/h10-12H,1-9H2. The van der Waals surface area contributed by atoms with Gasteiger partial charge in [-0.2, -0.15) is 5.10 Å². The normalized spacial score (nSPS) is 27.7. The molecule has 19 heavy (non-hydrogen) atoms. The summed E-state index contributed by atoms with van der Waals surface area (Å²) in [4.78, 5) is 4.36. The molecule has 6 heteroatoms. The Bertz CT molecular complexity index is 532. The van der Waals surface area contributed by atoms with E-state index in [1.54, 1.807) is 6.33 Å². The second kappa shape index (κ2) is 5.23. The van der Waals surface area contributed by atoms with E-state index in [1.165, 1.54) is 32.1 Å². The van der Waals surface area contributed by atoms with Crippen LogP contribution in [0.2, 0.25) is 0 Å². The summed E-state index contributed by atoms with van der Waals surface area (Å²) in [6, 6.07) is 0.476. The van der Waals surface area contributed by atoms with Crippen molar-refractivity contribution in [3.63, 3.8) is 0 Å². The molecule has 1 atom stereocenters. The molecule has 1 saturated carbocycles. The lowest BCUT2D eigenvalue weighted by molar-refractivity contribution is 0.317. The molecule has 3 rings (SSSR count). The van der Waals surface area contributed by atoms with Gasteiger partial charge in [0.2, 0.25) is 0 Å². The highest BCUT2D eigenvalue weighted by molar-refractivity contribution is 7.91. The molecular formula is C13H21N3O2S. The SMILES string of the molecule is O=S1(=O)CCC(Cc2ncnn2C2CCCCC2)C1. The molecule has 1 aliphatic carbocycles. The largest absolute Gasteiger partial charge is 0.247 e. The maximum absolute atomic E-state index is 11.5. The predicted molar refractivity (Wildman–Crippen MR) is 72.6 cm³/mol. The van der Waals surface area contributed by atoms with Gasteiger partial charge in [0.25, 0.3) is 0 Å². The Kier molecular flexibility index (Phi) is 3.60. The third-order valence-corrected chi connectivity index (χ3v) is 6.20. The maximum atomic E-state index is 11.5. The van der Waals surface area contributed by atoms with Crippen LogP contribution in [0.3, 0.4) is 0 Å². The Labute approximate surface area is 114 Å².